The molecule has 1 aromatic heterocycles. The molecule has 2 atom stereocenters. The third-order valence-corrected chi connectivity index (χ3v) is 4.05. The maximum atomic E-state index is 11.9. The molecular weight excluding hydrogens is 262 g/mol. The number of nitrogens with two attached hydrogens (primary N) is 1. The van der Waals surface area contributed by atoms with Crippen LogP contribution in [0.2, 0.25) is 0 Å². The van der Waals surface area contributed by atoms with Gasteiger partial charge in [-0.2, -0.15) is 0 Å². The Bertz CT molecular complexity index is 395. The molecule has 2 heterocycles. The maximum Gasteiger partial charge on any atom is 0.234 e. The van der Waals surface area contributed by atoms with Gasteiger partial charge in [-0.25, -0.2) is 0 Å². The van der Waals surface area contributed by atoms with Crippen LogP contribution in [-0.4, -0.2) is 49.2 Å². The second-order valence-electron chi connectivity index (χ2n) is 4.86. The Morgan fingerprint density at radius 3 is 3.26 bits per heavy atom. The van der Waals surface area contributed by atoms with Gasteiger partial charge in [-0.3, -0.25) is 9.69 Å². The van der Waals surface area contributed by atoms with Crippen molar-refractivity contribution in [1.82, 2.24) is 10.2 Å². The number of hydrogen-bond donors (Lipinski definition) is 2. The lowest BCUT2D eigenvalue weighted by atomic mass is 10.1. The van der Waals surface area contributed by atoms with Crippen LogP contribution in [0.25, 0.3) is 0 Å². The number of carbonyl (C=O) groups excluding carboxylic acids is 1. The van der Waals surface area contributed by atoms with Crippen LogP contribution in [-0.2, 0) is 16.1 Å². The third-order valence-electron chi connectivity index (χ3n) is 3.17. The lowest BCUT2D eigenvalue weighted by Crippen LogP contribution is -2.51. The summed E-state index contributed by atoms with van der Waals surface area (Å²) >= 11 is 1.65. The zero-order valence-corrected chi connectivity index (χ0v) is 12.0. The number of nitrogens with zero attached hydrogens (tertiary/aromatic N) is 1. The monoisotopic (exact) mass is 283 g/mol. The zero-order valence-electron chi connectivity index (χ0n) is 11.2. The first-order chi connectivity index (χ1) is 9.15. The molecule has 0 aliphatic carbocycles. The molecule has 0 spiro atoms. The Hall–Kier alpha value is -0.950. The molecular formula is C13H21N3O2S. The van der Waals surface area contributed by atoms with E-state index in [1.54, 1.807) is 11.3 Å². The second-order valence-corrected chi connectivity index (χ2v) is 5.89. The predicted octanol–water partition coefficient (Wildman–Crippen LogP) is 0.412. The van der Waals surface area contributed by atoms with Gasteiger partial charge in [0.25, 0.3) is 0 Å². The molecule has 1 amide bonds. The van der Waals surface area contributed by atoms with E-state index >= 15 is 0 Å². The van der Waals surface area contributed by atoms with E-state index in [4.69, 9.17) is 10.5 Å². The fourth-order valence-corrected chi connectivity index (χ4v) is 2.70. The molecule has 0 bridgehead atoms. The molecule has 0 saturated carbocycles. The predicted molar refractivity (Wildman–Crippen MR) is 76.0 cm³/mol. The van der Waals surface area contributed by atoms with Gasteiger partial charge >= 0.3 is 0 Å². The van der Waals surface area contributed by atoms with Crippen molar-refractivity contribution in [1.29, 1.82) is 0 Å². The maximum absolute atomic E-state index is 11.9. The van der Waals surface area contributed by atoms with Crippen LogP contribution in [0.5, 0.6) is 0 Å². The highest BCUT2D eigenvalue weighted by Crippen LogP contribution is 2.09. The average Bonchev–Trinajstić information content (AvgIpc) is 2.90. The normalized spacial score (nSPS) is 22.1. The van der Waals surface area contributed by atoms with Gasteiger partial charge in [0.2, 0.25) is 5.91 Å². The Morgan fingerprint density at radius 1 is 1.74 bits per heavy atom. The molecule has 1 aliphatic rings. The number of rotatable bonds is 5. The van der Waals surface area contributed by atoms with Crippen LogP contribution in [0.15, 0.2) is 17.5 Å². The topological polar surface area (TPSA) is 67.6 Å². The van der Waals surface area contributed by atoms with Gasteiger partial charge in [0, 0.05) is 24.0 Å². The molecule has 1 aliphatic heterocycles. The number of nitrogens with one attached hydrogen (secondary N) is 1. The molecule has 0 radical (unpaired) electrons. The van der Waals surface area contributed by atoms with Crippen molar-refractivity contribution < 1.29 is 9.53 Å². The summed E-state index contributed by atoms with van der Waals surface area (Å²) in [5, 5.41) is 4.94. The van der Waals surface area contributed by atoms with E-state index in [1.165, 1.54) is 4.88 Å². The van der Waals surface area contributed by atoms with E-state index in [0.717, 1.165) is 13.1 Å². The highest BCUT2D eigenvalue weighted by atomic mass is 32.1. The molecule has 1 aromatic rings. The van der Waals surface area contributed by atoms with Crippen molar-refractivity contribution in [3.63, 3.8) is 0 Å². The lowest BCUT2D eigenvalue weighted by molar-refractivity contribution is -0.124. The van der Waals surface area contributed by atoms with Gasteiger partial charge in [0.15, 0.2) is 0 Å². The van der Waals surface area contributed by atoms with Crippen LogP contribution in [0.4, 0.5) is 0 Å². The first-order valence-corrected chi connectivity index (χ1v) is 7.41. The largest absolute Gasteiger partial charge is 0.374 e. The molecule has 6 heteroatoms. The van der Waals surface area contributed by atoms with Crippen molar-refractivity contribution in [3.8, 4) is 0 Å². The molecule has 3 N–H and O–H groups in total. The fourth-order valence-electron chi connectivity index (χ4n) is 2.05. The number of morpholine rings is 1. The Morgan fingerprint density at radius 2 is 2.58 bits per heavy atom. The van der Waals surface area contributed by atoms with E-state index < -0.39 is 0 Å². The summed E-state index contributed by atoms with van der Waals surface area (Å²) in [6.07, 6.45) is 0.0267. The summed E-state index contributed by atoms with van der Waals surface area (Å²) in [6, 6.07) is 4.00. The minimum absolute atomic E-state index is 0.00280. The van der Waals surface area contributed by atoms with Crippen LogP contribution >= 0.6 is 11.3 Å². The first kappa shape index (κ1) is 14.5. The summed E-state index contributed by atoms with van der Waals surface area (Å²) in [5.74, 6) is 0.0544. The minimum Gasteiger partial charge on any atom is -0.374 e. The third kappa shape index (κ3) is 4.58. The highest BCUT2D eigenvalue weighted by Gasteiger charge is 2.24. The zero-order chi connectivity index (χ0) is 13.7. The Kier molecular flexibility index (Phi) is 5.33. The van der Waals surface area contributed by atoms with Crippen LogP contribution in [0, 0.1) is 0 Å². The quantitative estimate of drug-likeness (QED) is 0.821. The van der Waals surface area contributed by atoms with Crippen LogP contribution in [0.3, 0.4) is 0 Å². The van der Waals surface area contributed by atoms with Crippen molar-refractivity contribution in [3.05, 3.63) is 22.4 Å². The molecule has 2 unspecified atom stereocenters. The van der Waals surface area contributed by atoms with E-state index in [-0.39, 0.29) is 18.1 Å². The minimum atomic E-state index is -0.00280. The van der Waals surface area contributed by atoms with E-state index in [0.29, 0.717) is 19.7 Å². The molecule has 106 valence electrons. The SMILES string of the molecule is CC(N)C1CN(CC(=O)NCc2cccs2)CCO1. The number of hydrogen-bond acceptors (Lipinski definition) is 5. The molecule has 1 fully saturated rings. The van der Waals surface area contributed by atoms with E-state index in [1.807, 2.05) is 24.4 Å². The number of amides is 1. The van der Waals surface area contributed by atoms with Crippen molar-refractivity contribution >= 4 is 17.2 Å². The number of carbonyl (C=O) groups is 1. The van der Waals surface area contributed by atoms with Crippen LogP contribution < -0.4 is 11.1 Å². The van der Waals surface area contributed by atoms with Crippen LogP contribution in [0.1, 0.15) is 11.8 Å². The summed E-state index contributed by atoms with van der Waals surface area (Å²) < 4.78 is 5.57. The Balaban J connectivity index is 1.72. The lowest BCUT2D eigenvalue weighted by Gasteiger charge is -2.34. The molecule has 1 saturated heterocycles. The van der Waals surface area contributed by atoms with Gasteiger partial charge in [-0.05, 0) is 18.4 Å². The molecule has 19 heavy (non-hydrogen) atoms. The Labute approximate surface area is 117 Å². The smallest absolute Gasteiger partial charge is 0.234 e. The summed E-state index contributed by atoms with van der Waals surface area (Å²) in [4.78, 5) is 15.1. The van der Waals surface area contributed by atoms with Gasteiger partial charge in [-0.1, -0.05) is 6.07 Å². The second kappa shape index (κ2) is 7.00. The van der Waals surface area contributed by atoms with Gasteiger partial charge < -0.3 is 15.8 Å². The van der Waals surface area contributed by atoms with Gasteiger partial charge in [-0.15, -0.1) is 11.3 Å². The van der Waals surface area contributed by atoms with Crippen molar-refractivity contribution in [2.75, 3.05) is 26.2 Å². The van der Waals surface area contributed by atoms with E-state index in [2.05, 4.69) is 10.2 Å². The molecule has 2 rings (SSSR count). The highest BCUT2D eigenvalue weighted by molar-refractivity contribution is 7.09. The number of ether oxygens (including phenoxy) is 1. The van der Waals surface area contributed by atoms with E-state index in [9.17, 15) is 4.79 Å². The molecule has 5 nitrogen and oxygen atoms in total. The standard InChI is InChI=1S/C13H21N3O2S/c1-10(14)12-8-16(4-5-18-12)9-13(17)15-7-11-3-2-6-19-11/h2-3,6,10,12H,4-5,7-9,14H2,1H3,(H,15,17). The van der Waals surface area contributed by atoms with Gasteiger partial charge in [0.05, 0.1) is 25.8 Å². The molecule has 0 aromatic carbocycles. The van der Waals surface area contributed by atoms with Crippen molar-refractivity contribution in [2.24, 2.45) is 5.73 Å². The average molecular weight is 283 g/mol. The van der Waals surface area contributed by atoms with Crippen molar-refractivity contribution in [2.45, 2.75) is 25.6 Å². The fraction of sp³-hybridized carbons (Fsp3) is 0.615. The summed E-state index contributed by atoms with van der Waals surface area (Å²) in [7, 11) is 0. The van der Waals surface area contributed by atoms with Gasteiger partial charge in [0.1, 0.15) is 0 Å². The number of thiophene rings is 1. The summed E-state index contributed by atoms with van der Waals surface area (Å²) in [6.45, 7) is 5.12. The summed E-state index contributed by atoms with van der Waals surface area (Å²) in [5.41, 5.74) is 5.83. The first-order valence-electron chi connectivity index (χ1n) is 6.54.